The predicted molar refractivity (Wildman–Crippen MR) is 71.3 cm³/mol. The molecule has 1 heterocycles. The molecule has 0 saturated heterocycles. The maximum absolute atomic E-state index is 11.9. The summed E-state index contributed by atoms with van der Waals surface area (Å²) in [6, 6.07) is 9.94. The number of hydrogen-bond donors (Lipinski definition) is 0. The Balaban J connectivity index is 2.38. The summed E-state index contributed by atoms with van der Waals surface area (Å²) < 4.78 is 10.4. The molecular weight excluding hydrogens is 262 g/mol. The molecule has 0 fully saturated rings. The van der Waals surface area contributed by atoms with Crippen LogP contribution >= 0.6 is 0 Å². The van der Waals surface area contributed by atoms with Crippen molar-refractivity contribution >= 4 is 5.97 Å². The predicted octanol–water partition coefficient (Wildman–Crippen LogP) is 1.03. The van der Waals surface area contributed by atoms with E-state index in [1.807, 2.05) is 6.07 Å². The van der Waals surface area contributed by atoms with Gasteiger partial charge in [-0.3, -0.25) is 9.59 Å². The Kier molecular flexibility index (Phi) is 4.14. The Bertz CT molecular complexity index is 683. The first kappa shape index (κ1) is 13.8. The van der Waals surface area contributed by atoms with Crippen LogP contribution in [0.3, 0.4) is 0 Å². The fourth-order valence-electron chi connectivity index (χ4n) is 1.68. The van der Waals surface area contributed by atoms with Gasteiger partial charge in [-0.05, 0) is 6.92 Å². The SMILES string of the molecule is CCOC(=O)Cn1c(=O)cc(-c2ccccc2)oc1=O. The Hall–Kier alpha value is -2.63. The lowest BCUT2D eigenvalue weighted by Crippen LogP contribution is -2.35. The first-order valence-corrected chi connectivity index (χ1v) is 6.08. The summed E-state index contributed by atoms with van der Waals surface area (Å²) in [6.07, 6.45) is 0. The minimum absolute atomic E-state index is 0.167. The summed E-state index contributed by atoms with van der Waals surface area (Å²) >= 11 is 0. The molecule has 6 heteroatoms. The lowest BCUT2D eigenvalue weighted by molar-refractivity contribution is -0.144. The first-order valence-electron chi connectivity index (χ1n) is 6.08. The monoisotopic (exact) mass is 275 g/mol. The summed E-state index contributed by atoms with van der Waals surface area (Å²) in [7, 11) is 0. The molecule has 20 heavy (non-hydrogen) atoms. The zero-order valence-corrected chi connectivity index (χ0v) is 10.9. The quantitative estimate of drug-likeness (QED) is 0.779. The third-order valence-electron chi connectivity index (χ3n) is 2.59. The zero-order valence-electron chi connectivity index (χ0n) is 10.9. The van der Waals surface area contributed by atoms with Gasteiger partial charge in [0.05, 0.1) is 6.61 Å². The molecule has 6 nitrogen and oxygen atoms in total. The number of aromatic nitrogens is 1. The average molecular weight is 275 g/mol. The van der Waals surface area contributed by atoms with Crippen molar-refractivity contribution < 1.29 is 13.9 Å². The molecule has 0 saturated carbocycles. The Morgan fingerprint density at radius 2 is 1.95 bits per heavy atom. The molecule has 0 amide bonds. The van der Waals surface area contributed by atoms with E-state index in [1.54, 1.807) is 31.2 Å². The standard InChI is InChI=1S/C14H13NO5/c1-2-19-13(17)9-15-12(16)8-11(20-14(15)18)10-6-4-3-5-7-10/h3-8H,2,9H2,1H3. The van der Waals surface area contributed by atoms with E-state index in [9.17, 15) is 14.4 Å². The van der Waals surface area contributed by atoms with Crippen molar-refractivity contribution in [3.8, 4) is 11.3 Å². The van der Waals surface area contributed by atoms with Gasteiger partial charge in [0.1, 0.15) is 12.3 Å². The van der Waals surface area contributed by atoms with E-state index < -0.39 is 23.8 Å². The highest BCUT2D eigenvalue weighted by Crippen LogP contribution is 2.14. The van der Waals surface area contributed by atoms with Gasteiger partial charge in [-0.1, -0.05) is 30.3 Å². The minimum atomic E-state index is -0.885. The topological polar surface area (TPSA) is 78.5 Å². The van der Waals surface area contributed by atoms with Gasteiger partial charge in [-0.25, -0.2) is 9.36 Å². The van der Waals surface area contributed by atoms with Crippen molar-refractivity contribution in [2.45, 2.75) is 13.5 Å². The Labute approximate surface area is 114 Å². The maximum atomic E-state index is 11.9. The van der Waals surface area contributed by atoms with Crippen LogP contribution in [0.5, 0.6) is 0 Å². The van der Waals surface area contributed by atoms with Crippen LogP contribution in [-0.4, -0.2) is 17.1 Å². The molecule has 0 spiro atoms. The van der Waals surface area contributed by atoms with E-state index in [-0.39, 0.29) is 12.4 Å². The number of benzene rings is 1. The number of nitrogens with zero attached hydrogens (tertiary/aromatic N) is 1. The van der Waals surface area contributed by atoms with Gasteiger partial charge in [0.2, 0.25) is 0 Å². The van der Waals surface area contributed by atoms with Crippen LogP contribution in [-0.2, 0) is 16.1 Å². The van der Waals surface area contributed by atoms with Crippen LogP contribution in [0.2, 0.25) is 0 Å². The van der Waals surface area contributed by atoms with Gasteiger partial charge in [-0.2, -0.15) is 0 Å². The second kappa shape index (κ2) is 6.01. The van der Waals surface area contributed by atoms with Crippen molar-refractivity contribution in [1.29, 1.82) is 0 Å². The highest BCUT2D eigenvalue weighted by atomic mass is 16.5. The molecule has 0 aliphatic carbocycles. The van der Waals surface area contributed by atoms with Crippen LogP contribution in [0.4, 0.5) is 0 Å². The maximum Gasteiger partial charge on any atom is 0.422 e. The van der Waals surface area contributed by atoms with Crippen molar-refractivity contribution in [2.24, 2.45) is 0 Å². The molecule has 1 aromatic heterocycles. The average Bonchev–Trinajstić information content (AvgIpc) is 2.44. The number of ether oxygens (including phenoxy) is 1. The number of carbonyl (C=O) groups is 1. The summed E-state index contributed by atoms with van der Waals surface area (Å²) in [6.45, 7) is 1.37. The van der Waals surface area contributed by atoms with Crippen LogP contribution < -0.4 is 11.3 Å². The van der Waals surface area contributed by atoms with Crippen molar-refractivity contribution in [3.05, 3.63) is 57.3 Å². The van der Waals surface area contributed by atoms with Crippen molar-refractivity contribution in [2.75, 3.05) is 6.61 Å². The summed E-state index contributed by atoms with van der Waals surface area (Å²) in [4.78, 5) is 34.9. The van der Waals surface area contributed by atoms with Gasteiger partial charge < -0.3 is 9.15 Å². The molecule has 2 rings (SSSR count). The lowest BCUT2D eigenvalue weighted by Gasteiger charge is -2.05. The van der Waals surface area contributed by atoms with E-state index in [0.29, 0.717) is 10.1 Å². The van der Waals surface area contributed by atoms with E-state index >= 15 is 0 Å². The van der Waals surface area contributed by atoms with E-state index in [1.165, 1.54) is 6.07 Å². The Morgan fingerprint density at radius 3 is 2.55 bits per heavy atom. The molecule has 0 N–H and O–H groups in total. The fraction of sp³-hybridized carbons (Fsp3) is 0.214. The molecule has 0 aliphatic heterocycles. The van der Waals surface area contributed by atoms with Crippen molar-refractivity contribution in [3.63, 3.8) is 0 Å². The smallest absolute Gasteiger partial charge is 0.422 e. The van der Waals surface area contributed by atoms with Crippen LogP contribution in [0.25, 0.3) is 11.3 Å². The molecule has 0 radical (unpaired) electrons. The van der Waals surface area contributed by atoms with Gasteiger partial charge in [-0.15, -0.1) is 0 Å². The third kappa shape index (κ3) is 3.03. The van der Waals surface area contributed by atoms with Gasteiger partial charge in [0.15, 0.2) is 0 Å². The molecule has 2 aromatic rings. The highest BCUT2D eigenvalue weighted by molar-refractivity contribution is 5.69. The summed E-state index contributed by atoms with van der Waals surface area (Å²) in [5.41, 5.74) is 0.0122. The summed E-state index contributed by atoms with van der Waals surface area (Å²) in [5, 5.41) is 0. The molecule has 0 aliphatic rings. The van der Waals surface area contributed by atoms with Gasteiger partial charge in [0, 0.05) is 11.6 Å². The lowest BCUT2D eigenvalue weighted by atomic mass is 10.2. The van der Waals surface area contributed by atoms with Crippen LogP contribution in [0.15, 0.2) is 50.4 Å². The molecule has 1 aromatic carbocycles. The molecule has 0 atom stereocenters. The molecule has 0 bridgehead atoms. The normalized spacial score (nSPS) is 10.2. The second-order valence-corrected chi connectivity index (χ2v) is 3.97. The number of rotatable bonds is 4. The van der Waals surface area contributed by atoms with E-state index in [0.717, 1.165) is 0 Å². The van der Waals surface area contributed by atoms with Crippen molar-refractivity contribution in [1.82, 2.24) is 4.57 Å². The fourth-order valence-corrected chi connectivity index (χ4v) is 1.68. The summed E-state index contributed by atoms with van der Waals surface area (Å²) in [5.74, 6) is -1.38. The molecule has 0 unspecified atom stereocenters. The minimum Gasteiger partial charge on any atom is -0.465 e. The highest BCUT2D eigenvalue weighted by Gasteiger charge is 2.12. The molecule has 104 valence electrons. The first-order chi connectivity index (χ1) is 9.61. The van der Waals surface area contributed by atoms with E-state index in [4.69, 9.17) is 9.15 Å². The van der Waals surface area contributed by atoms with Crippen LogP contribution in [0.1, 0.15) is 6.92 Å². The number of esters is 1. The van der Waals surface area contributed by atoms with E-state index in [2.05, 4.69) is 0 Å². The Morgan fingerprint density at radius 1 is 1.25 bits per heavy atom. The largest absolute Gasteiger partial charge is 0.465 e. The second-order valence-electron chi connectivity index (χ2n) is 3.97. The van der Waals surface area contributed by atoms with Gasteiger partial charge >= 0.3 is 11.7 Å². The number of carbonyl (C=O) groups excluding carboxylic acids is 1. The third-order valence-corrected chi connectivity index (χ3v) is 2.59. The van der Waals surface area contributed by atoms with Crippen LogP contribution in [0, 0.1) is 0 Å². The zero-order chi connectivity index (χ0) is 14.5. The molecular formula is C14H13NO5. The van der Waals surface area contributed by atoms with Gasteiger partial charge in [0.25, 0.3) is 5.56 Å². The number of hydrogen-bond acceptors (Lipinski definition) is 5.